The van der Waals surface area contributed by atoms with Gasteiger partial charge in [0.15, 0.2) is 5.76 Å². The number of hydrogen-bond acceptors (Lipinski definition) is 4. The summed E-state index contributed by atoms with van der Waals surface area (Å²) in [5.74, 6) is -0.138. The van der Waals surface area contributed by atoms with Crippen molar-refractivity contribution in [2.75, 3.05) is 18.4 Å². The van der Waals surface area contributed by atoms with Crippen LogP contribution in [-0.2, 0) is 22.9 Å². The van der Waals surface area contributed by atoms with Gasteiger partial charge in [-0.1, -0.05) is 12.1 Å². The van der Waals surface area contributed by atoms with Crippen molar-refractivity contribution in [2.45, 2.75) is 50.3 Å². The number of rotatable bonds is 4. The van der Waals surface area contributed by atoms with E-state index >= 15 is 0 Å². The van der Waals surface area contributed by atoms with Gasteiger partial charge in [0.1, 0.15) is 10.7 Å². The standard InChI is InChI=1S/C20H24N2O4S/c1-14-19(27(24,25)22-11-4-5-12-22)13-18(26-14)20(23)21-17-10-6-8-15-7-2-3-9-16(15)17/h6,8,10,13H,2-5,7,9,11-12H2,1H3,(H,21,23). The van der Waals surface area contributed by atoms with E-state index in [1.807, 2.05) is 12.1 Å². The van der Waals surface area contributed by atoms with E-state index < -0.39 is 15.9 Å². The summed E-state index contributed by atoms with van der Waals surface area (Å²) in [5.41, 5.74) is 3.23. The van der Waals surface area contributed by atoms with Crippen molar-refractivity contribution in [2.24, 2.45) is 0 Å². The van der Waals surface area contributed by atoms with Crippen LogP contribution < -0.4 is 5.32 Å². The number of anilines is 1. The Kier molecular flexibility index (Phi) is 4.82. The van der Waals surface area contributed by atoms with Crippen molar-refractivity contribution in [1.82, 2.24) is 4.31 Å². The van der Waals surface area contributed by atoms with Crippen LogP contribution in [0.2, 0.25) is 0 Å². The Hall–Kier alpha value is -2.12. The maximum atomic E-state index is 12.8. The van der Waals surface area contributed by atoms with E-state index in [2.05, 4.69) is 11.4 Å². The SMILES string of the molecule is Cc1oc(C(=O)Nc2cccc3c2CCCC3)cc1S(=O)(=O)N1CCCC1. The molecule has 1 fully saturated rings. The Morgan fingerprint density at radius 3 is 2.63 bits per heavy atom. The highest BCUT2D eigenvalue weighted by Gasteiger charge is 2.31. The third-order valence-electron chi connectivity index (χ3n) is 5.42. The molecule has 1 aliphatic heterocycles. The smallest absolute Gasteiger partial charge is 0.291 e. The molecule has 2 aliphatic rings. The maximum absolute atomic E-state index is 12.8. The molecule has 1 amide bonds. The molecule has 1 saturated heterocycles. The second kappa shape index (κ2) is 7.13. The first-order chi connectivity index (χ1) is 13.0. The molecule has 1 aromatic heterocycles. The summed E-state index contributed by atoms with van der Waals surface area (Å²) in [5, 5.41) is 2.91. The molecular weight excluding hydrogens is 364 g/mol. The molecule has 2 heterocycles. The summed E-state index contributed by atoms with van der Waals surface area (Å²) < 4.78 is 32.5. The zero-order valence-electron chi connectivity index (χ0n) is 15.5. The number of furan rings is 1. The molecule has 1 N–H and O–H groups in total. The Labute approximate surface area is 159 Å². The van der Waals surface area contributed by atoms with Crippen LogP contribution in [0.1, 0.15) is 53.1 Å². The Morgan fingerprint density at radius 2 is 1.85 bits per heavy atom. The minimum absolute atomic E-state index is 0.0266. The Morgan fingerprint density at radius 1 is 1.11 bits per heavy atom. The number of amides is 1. The summed E-state index contributed by atoms with van der Waals surface area (Å²) in [6.07, 6.45) is 5.97. The predicted molar refractivity (Wildman–Crippen MR) is 102 cm³/mol. The second-order valence-corrected chi connectivity index (χ2v) is 9.15. The molecule has 0 spiro atoms. The number of sulfonamides is 1. The van der Waals surface area contributed by atoms with Crippen molar-refractivity contribution >= 4 is 21.6 Å². The molecule has 6 nitrogen and oxygen atoms in total. The Bertz CT molecular complexity index is 972. The third kappa shape index (κ3) is 3.41. The quantitative estimate of drug-likeness (QED) is 0.869. The van der Waals surface area contributed by atoms with Gasteiger partial charge in [-0.05, 0) is 62.6 Å². The van der Waals surface area contributed by atoms with E-state index in [1.54, 1.807) is 6.92 Å². The minimum atomic E-state index is -3.61. The van der Waals surface area contributed by atoms with E-state index in [9.17, 15) is 13.2 Å². The molecule has 0 atom stereocenters. The molecule has 1 aromatic carbocycles. The van der Waals surface area contributed by atoms with Gasteiger partial charge in [0.05, 0.1) is 0 Å². The number of hydrogen-bond donors (Lipinski definition) is 1. The summed E-state index contributed by atoms with van der Waals surface area (Å²) in [4.78, 5) is 12.8. The van der Waals surface area contributed by atoms with E-state index in [4.69, 9.17) is 4.42 Å². The van der Waals surface area contributed by atoms with Crippen molar-refractivity contribution in [3.05, 3.63) is 46.9 Å². The minimum Gasteiger partial charge on any atom is -0.455 e. The summed E-state index contributed by atoms with van der Waals surface area (Å²) in [7, 11) is -3.61. The lowest BCUT2D eigenvalue weighted by Gasteiger charge is -2.19. The van der Waals surface area contributed by atoms with Crippen LogP contribution in [-0.4, -0.2) is 31.7 Å². The fourth-order valence-electron chi connectivity index (χ4n) is 3.98. The summed E-state index contributed by atoms with van der Waals surface area (Å²) in [6, 6.07) is 7.28. The predicted octanol–water partition coefficient (Wildman–Crippen LogP) is 3.50. The molecule has 7 heteroatoms. The van der Waals surface area contributed by atoms with Crippen molar-refractivity contribution in [3.8, 4) is 0 Å². The van der Waals surface area contributed by atoms with E-state index in [0.29, 0.717) is 13.1 Å². The Balaban J connectivity index is 1.59. The van der Waals surface area contributed by atoms with Gasteiger partial charge >= 0.3 is 0 Å². The number of fused-ring (bicyclic) bond motifs is 1. The molecule has 2 aromatic rings. The number of nitrogens with zero attached hydrogens (tertiary/aromatic N) is 1. The van der Waals surface area contributed by atoms with Crippen LogP contribution in [0.5, 0.6) is 0 Å². The molecule has 27 heavy (non-hydrogen) atoms. The summed E-state index contributed by atoms with van der Waals surface area (Å²) in [6.45, 7) is 2.62. The molecule has 1 aliphatic carbocycles. The number of carbonyl (C=O) groups is 1. The van der Waals surface area contributed by atoms with Gasteiger partial charge in [-0.3, -0.25) is 4.79 Å². The summed E-state index contributed by atoms with van der Waals surface area (Å²) >= 11 is 0. The number of aryl methyl sites for hydroxylation is 2. The lowest BCUT2D eigenvalue weighted by Crippen LogP contribution is -2.28. The lowest BCUT2D eigenvalue weighted by atomic mass is 9.90. The van der Waals surface area contributed by atoms with Crippen molar-refractivity contribution < 1.29 is 17.6 Å². The number of benzene rings is 1. The highest BCUT2D eigenvalue weighted by Crippen LogP contribution is 2.30. The van der Waals surface area contributed by atoms with Gasteiger partial charge in [0.25, 0.3) is 5.91 Å². The van der Waals surface area contributed by atoms with Gasteiger partial charge < -0.3 is 9.73 Å². The van der Waals surface area contributed by atoms with E-state index in [0.717, 1.165) is 37.8 Å². The monoisotopic (exact) mass is 388 g/mol. The maximum Gasteiger partial charge on any atom is 0.291 e. The first-order valence-electron chi connectivity index (χ1n) is 9.49. The van der Waals surface area contributed by atoms with Gasteiger partial charge in [-0.25, -0.2) is 8.42 Å². The van der Waals surface area contributed by atoms with Crippen molar-refractivity contribution in [3.63, 3.8) is 0 Å². The van der Waals surface area contributed by atoms with Crippen molar-refractivity contribution in [1.29, 1.82) is 0 Å². The van der Waals surface area contributed by atoms with Gasteiger partial charge in [0, 0.05) is 24.8 Å². The first-order valence-corrected chi connectivity index (χ1v) is 10.9. The van der Waals surface area contributed by atoms with Crippen LogP contribution in [0.3, 0.4) is 0 Å². The fourth-order valence-corrected chi connectivity index (χ4v) is 5.66. The lowest BCUT2D eigenvalue weighted by molar-refractivity contribution is 0.0995. The number of nitrogens with one attached hydrogen (secondary N) is 1. The molecule has 4 rings (SSSR count). The molecule has 0 radical (unpaired) electrons. The van der Waals surface area contributed by atoms with Crippen LogP contribution in [0, 0.1) is 6.92 Å². The molecule has 144 valence electrons. The average Bonchev–Trinajstić information content (AvgIpc) is 3.32. The second-order valence-electron chi connectivity index (χ2n) is 7.25. The molecule has 0 saturated carbocycles. The van der Waals surface area contributed by atoms with Gasteiger partial charge in [0.2, 0.25) is 10.0 Å². The van der Waals surface area contributed by atoms with Crippen LogP contribution in [0.25, 0.3) is 0 Å². The van der Waals surface area contributed by atoms with Crippen LogP contribution >= 0.6 is 0 Å². The highest BCUT2D eigenvalue weighted by atomic mass is 32.2. The average molecular weight is 388 g/mol. The van der Waals surface area contributed by atoms with Crippen LogP contribution in [0.4, 0.5) is 5.69 Å². The normalized spacial score (nSPS) is 17.7. The van der Waals surface area contributed by atoms with Gasteiger partial charge in [-0.2, -0.15) is 4.31 Å². The molecular formula is C20H24N2O4S. The number of carbonyl (C=O) groups excluding carboxylic acids is 1. The topological polar surface area (TPSA) is 79.6 Å². The third-order valence-corrected chi connectivity index (χ3v) is 7.43. The molecule has 0 bridgehead atoms. The fraction of sp³-hybridized carbons (Fsp3) is 0.450. The first kappa shape index (κ1) is 18.3. The zero-order valence-corrected chi connectivity index (χ0v) is 16.3. The van der Waals surface area contributed by atoms with Gasteiger partial charge in [-0.15, -0.1) is 0 Å². The largest absolute Gasteiger partial charge is 0.455 e. The van der Waals surface area contributed by atoms with E-state index in [-0.39, 0.29) is 16.4 Å². The molecule has 0 unspecified atom stereocenters. The highest BCUT2D eigenvalue weighted by molar-refractivity contribution is 7.89. The van der Waals surface area contributed by atoms with E-state index in [1.165, 1.54) is 27.9 Å². The zero-order chi connectivity index (χ0) is 19.0. The van der Waals surface area contributed by atoms with Crippen LogP contribution in [0.15, 0.2) is 33.6 Å².